The fourth-order valence-corrected chi connectivity index (χ4v) is 2.04. The van der Waals surface area contributed by atoms with Crippen molar-refractivity contribution in [3.63, 3.8) is 0 Å². The van der Waals surface area contributed by atoms with E-state index in [2.05, 4.69) is 10.1 Å². The third-order valence-electron chi connectivity index (χ3n) is 2.35. The van der Waals surface area contributed by atoms with Crippen LogP contribution in [0.3, 0.4) is 0 Å². The molecule has 1 amide bonds. The minimum absolute atomic E-state index is 0.00175. The summed E-state index contributed by atoms with van der Waals surface area (Å²) in [4.78, 5) is 33.4. The second-order valence-corrected chi connectivity index (χ2v) is 4.90. The molecule has 1 aromatic carbocycles. The highest BCUT2D eigenvalue weighted by molar-refractivity contribution is 8.00. The van der Waals surface area contributed by atoms with Crippen molar-refractivity contribution in [1.82, 2.24) is 5.32 Å². The molecule has 1 atom stereocenters. The van der Waals surface area contributed by atoms with Gasteiger partial charge in [-0.1, -0.05) is 0 Å². The van der Waals surface area contributed by atoms with Gasteiger partial charge in [0.15, 0.2) is 0 Å². The summed E-state index contributed by atoms with van der Waals surface area (Å²) in [6, 6.07) is 5.18. The lowest BCUT2D eigenvalue weighted by molar-refractivity contribution is -0.384. The first-order valence-corrected chi connectivity index (χ1v) is 6.67. The summed E-state index contributed by atoms with van der Waals surface area (Å²) in [7, 11) is 1.25. The highest BCUT2D eigenvalue weighted by Gasteiger charge is 2.15. The van der Waals surface area contributed by atoms with Crippen LogP contribution in [0.5, 0.6) is 0 Å². The number of carbonyl (C=O) groups is 2. The first-order valence-electron chi connectivity index (χ1n) is 5.68. The van der Waals surface area contributed by atoms with E-state index in [1.54, 1.807) is 12.1 Å². The number of rotatable bonds is 6. The number of nitrogens with zero attached hydrogens (tertiary/aromatic N) is 1. The number of non-ortho nitro benzene ring substituents is 1. The zero-order valence-corrected chi connectivity index (χ0v) is 11.8. The van der Waals surface area contributed by atoms with E-state index < -0.39 is 16.9 Å². The largest absolute Gasteiger partial charge is 0.467 e. The maximum Gasteiger partial charge on any atom is 0.328 e. The molecule has 0 spiro atoms. The quantitative estimate of drug-likeness (QED) is 0.368. The van der Waals surface area contributed by atoms with Gasteiger partial charge in [-0.25, -0.2) is 4.79 Å². The van der Waals surface area contributed by atoms with Gasteiger partial charge in [0, 0.05) is 17.0 Å². The van der Waals surface area contributed by atoms with Gasteiger partial charge in [0.1, 0.15) is 6.04 Å². The summed E-state index contributed by atoms with van der Waals surface area (Å²) in [6.07, 6.45) is 0. The molecular weight excluding hydrogens is 284 g/mol. The van der Waals surface area contributed by atoms with E-state index in [9.17, 15) is 19.7 Å². The molecule has 0 saturated heterocycles. The number of hydrogen-bond acceptors (Lipinski definition) is 6. The molecule has 0 radical (unpaired) electrons. The van der Waals surface area contributed by atoms with Crippen molar-refractivity contribution in [2.24, 2.45) is 0 Å². The van der Waals surface area contributed by atoms with Crippen LogP contribution >= 0.6 is 11.8 Å². The molecular formula is C12H14N2O5S. The average molecular weight is 298 g/mol. The molecule has 20 heavy (non-hydrogen) atoms. The smallest absolute Gasteiger partial charge is 0.328 e. The highest BCUT2D eigenvalue weighted by Crippen LogP contribution is 2.21. The summed E-state index contributed by atoms with van der Waals surface area (Å²) in [5, 5.41) is 13.0. The number of esters is 1. The highest BCUT2D eigenvalue weighted by atomic mass is 32.2. The number of nitrogens with one attached hydrogen (secondary N) is 1. The number of nitro groups is 1. The van der Waals surface area contributed by atoms with Crippen LogP contribution in [-0.2, 0) is 14.3 Å². The lowest BCUT2D eigenvalue weighted by Crippen LogP contribution is -2.40. The van der Waals surface area contributed by atoms with E-state index in [0.29, 0.717) is 0 Å². The van der Waals surface area contributed by atoms with E-state index in [-0.39, 0.29) is 17.3 Å². The topological polar surface area (TPSA) is 98.5 Å². The summed E-state index contributed by atoms with van der Waals surface area (Å²) in [5.74, 6) is -0.718. The Morgan fingerprint density at radius 1 is 1.40 bits per heavy atom. The molecule has 0 heterocycles. The Labute approximate surface area is 119 Å². The van der Waals surface area contributed by atoms with Gasteiger partial charge in [0.25, 0.3) is 5.69 Å². The van der Waals surface area contributed by atoms with Crippen molar-refractivity contribution in [2.45, 2.75) is 17.9 Å². The second kappa shape index (κ2) is 7.49. The number of thioether (sulfide) groups is 1. The van der Waals surface area contributed by atoms with Gasteiger partial charge in [-0.2, -0.15) is 0 Å². The molecule has 1 N–H and O–H groups in total. The molecule has 0 fully saturated rings. The normalized spacial score (nSPS) is 11.5. The maximum absolute atomic E-state index is 11.6. The molecule has 1 unspecified atom stereocenters. The van der Waals surface area contributed by atoms with Crippen LogP contribution in [0.1, 0.15) is 6.92 Å². The van der Waals surface area contributed by atoms with Gasteiger partial charge >= 0.3 is 5.97 Å². The van der Waals surface area contributed by atoms with Crippen LogP contribution in [0.2, 0.25) is 0 Å². The number of nitro benzene ring substituents is 1. The summed E-state index contributed by atoms with van der Waals surface area (Å²) < 4.78 is 4.49. The second-order valence-electron chi connectivity index (χ2n) is 3.85. The lowest BCUT2D eigenvalue weighted by Gasteiger charge is -2.11. The maximum atomic E-state index is 11.6. The molecule has 0 bridgehead atoms. The molecule has 1 rings (SSSR count). The van der Waals surface area contributed by atoms with Gasteiger partial charge in [-0.05, 0) is 19.1 Å². The minimum Gasteiger partial charge on any atom is -0.467 e. The van der Waals surface area contributed by atoms with Crippen LogP contribution in [0.25, 0.3) is 0 Å². The van der Waals surface area contributed by atoms with Gasteiger partial charge in [0.2, 0.25) is 5.91 Å². The predicted octanol–water partition coefficient (Wildman–Crippen LogP) is 1.36. The Kier molecular flexibility index (Phi) is 5.98. The van der Waals surface area contributed by atoms with Gasteiger partial charge < -0.3 is 10.1 Å². The Balaban J connectivity index is 2.44. The molecule has 0 aliphatic carbocycles. The number of hydrogen-bond donors (Lipinski definition) is 1. The third kappa shape index (κ3) is 4.88. The van der Waals surface area contributed by atoms with Crippen molar-refractivity contribution in [3.8, 4) is 0 Å². The number of carbonyl (C=O) groups excluding carboxylic acids is 2. The molecule has 7 nitrogen and oxygen atoms in total. The number of amides is 1. The Morgan fingerprint density at radius 3 is 2.50 bits per heavy atom. The SMILES string of the molecule is COC(=O)C(C)NC(=O)CSc1ccc([N+](=O)[O-])cc1. The molecule has 0 aliphatic heterocycles. The zero-order chi connectivity index (χ0) is 15.1. The Bertz CT molecular complexity index is 503. The first kappa shape index (κ1) is 16.0. The fourth-order valence-electron chi connectivity index (χ4n) is 1.33. The predicted molar refractivity (Wildman–Crippen MR) is 73.4 cm³/mol. The number of benzene rings is 1. The van der Waals surface area contributed by atoms with E-state index >= 15 is 0 Å². The molecule has 1 aromatic rings. The first-order chi connectivity index (χ1) is 9.43. The summed E-state index contributed by atoms with van der Waals surface area (Å²) in [6.45, 7) is 1.53. The molecule has 0 aromatic heterocycles. The van der Waals surface area contributed by atoms with Gasteiger partial charge in [-0.3, -0.25) is 14.9 Å². The van der Waals surface area contributed by atoms with Crippen molar-refractivity contribution in [1.29, 1.82) is 0 Å². The van der Waals surface area contributed by atoms with E-state index in [0.717, 1.165) is 4.90 Å². The van der Waals surface area contributed by atoms with Crippen molar-refractivity contribution in [2.75, 3.05) is 12.9 Å². The van der Waals surface area contributed by atoms with E-state index in [1.165, 1.54) is 37.9 Å². The fraction of sp³-hybridized carbons (Fsp3) is 0.333. The van der Waals surface area contributed by atoms with Crippen molar-refractivity contribution in [3.05, 3.63) is 34.4 Å². The molecule has 8 heteroatoms. The third-order valence-corrected chi connectivity index (χ3v) is 3.36. The van der Waals surface area contributed by atoms with Gasteiger partial charge in [0.05, 0.1) is 17.8 Å². The zero-order valence-electron chi connectivity index (χ0n) is 11.0. The minimum atomic E-state index is -0.704. The lowest BCUT2D eigenvalue weighted by atomic mass is 10.3. The number of methoxy groups -OCH3 is 1. The Morgan fingerprint density at radius 2 is 2.00 bits per heavy atom. The van der Waals surface area contributed by atoms with Crippen LogP contribution in [-0.4, -0.2) is 35.7 Å². The molecule has 0 saturated carbocycles. The van der Waals surface area contributed by atoms with Crippen LogP contribution in [0, 0.1) is 10.1 Å². The van der Waals surface area contributed by atoms with Crippen LogP contribution in [0.4, 0.5) is 5.69 Å². The summed E-state index contributed by atoms with van der Waals surface area (Å²) in [5.41, 5.74) is -0.00175. The summed E-state index contributed by atoms with van der Waals surface area (Å²) >= 11 is 1.22. The molecule has 108 valence electrons. The van der Waals surface area contributed by atoms with Gasteiger partial charge in [-0.15, -0.1) is 11.8 Å². The van der Waals surface area contributed by atoms with Crippen molar-refractivity contribution >= 4 is 29.3 Å². The van der Waals surface area contributed by atoms with Crippen molar-refractivity contribution < 1.29 is 19.2 Å². The van der Waals surface area contributed by atoms with Crippen LogP contribution < -0.4 is 5.32 Å². The van der Waals surface area contributed by atoms with E-state index in [1.807, 2.05) is 0 Å². The average Bonchev–Trinajstić information content (AvgIpc) is 2.44. The monoisotopic (exact) mass is 298 g/mol. The Hall–Kier alpha value is -2.09. The number of ether oxygens (including phenoxy) is 1. The van der Waals surface area contributed by atoms with Crippen LogP contribution in [0.15, 0.2) is 29.2 Å². The van der Waals surface area contributed by atoms with E-state index in [4.69, 9.17) is 0 Å². The molecule has 0 aliphatic rings. The standard InChI is InChI=1S/C12H14N2O5S/c1-8(12(16)19-2)13-11(15)7-20-10-5-3-9(4-6-10)14(17)18/h3-6,8H,7H2,1-2H3,(H,13,15).